The molecule has 0 unspecified atom stereocenters. The quantitative estimate of drug-likeness (QED) is 0.817. The van der Waals surface area contributed by atoms with E-state index in [2.05, 4.69) is 5.32 Å². The van der Waals surface area contributed by atoms with Crippen molar-refractivity contribution in [2.24, 2.45) is 5.73 Å². The fourth-order valence-corrected chi connectivity index (χ4v) is 2.08. The second-order valence-corrected chi connectivity index (χ2v) is 5.17. The van der Waals surface area contributed by atoms with Crippen LogP contribution in [0.2, 0.25) is 0 Å². The fourth-order valence-electron chi connectivity index (χ4n) is 2.08. The first-order chi connectivity index (χ1) is 11.5. The number of carbonyl (C=O) groups is 2. The molecule has 126 valence electrons. The van der Waals surface area contributed by atoms with Crippen molar-refractivity contribution < 1.29 is 19.1 Å². The third kappa shape index (κ3) is 4.74. The second-order valence-electron chi connectivity index (χ2n) is 5.17. The molecule has 2 aromatic carbocycles. The summed E-state index contributed by atoms with van der Waals surface area (Å²) in [4.78, 5) is 23.2. The van der Waals surface area contributed by atoms with E-state index in [1.165, 1.54) is 0 Å². The highest BCUT2D eigenvalue weighted by atomic mass is 16.5. The van der Waals surface area contributed by atoms with Crippen molar-refractivity contribution in [1.82, 2.24) is 0 Å². The first kappa shape index (κ1) is 17.3. The zero-order valence-corrected chi connectivity index (χ0v) is 13.7. The van der Waals surface area contributed by atoms with Gasteiger partial charge in [-0.3, -0.25) is 9.59 Å². The van der Waals surface area contributed by atoms with Crippen LogP contribution in [0, 0.1) is 6.92 Å². The van der Waals surface area contributed by atoms with E-state index < -0.39 is 5.91 Å². The topological polar surface area (TPSA) is 90.7 Å². The van der Waals surface area contributed by atoms with Gasteiger partial charge >= 0.3 is 0 Å². The number of carbonyl (C=O) groups excluding carboxylic acids is 2. The van der Waals surface area contributed by atoms with Gasteiger partial charge < -0.3 is 20.5 Å². The van der Waals surface area contributed by atoms with Crippen LogP contribution in [0.15, 0.2) is 42.5 Å². The van der Waals surface area contributed by atoms with Gasteiger partial charge in [0, 0.05) is 5.56 Å². The van der Waals surface area contributed by atoms with Gasteiger partial charge in [-0.25, -0.2) is 0 Å². The predicted molar refractivity (Wildman–Crippen MR) is 91.4 cm³/mol. The van der Waals surface area contributed by atoms with Crippen LogP contribution in [0.3, 0.4) is 0 Å². The smallest absolute Gasteiger partial charge is 0.255 e. The molecular weight excluding hydrogens is 308 g/mol. The Bertz CT molecular complexity index is 744. The molecule has 2 aromatic rings. The number of anilines is 1. The summed E-state index contributed by atoms with van der Waals surface area (Å²) in [5.74, 6) is 0.137. The first-order valence-electron chi connectivity index (χ1n) is 7.55. The van der Waals surface area contributed by atoms with Crippen LogP contribution in [0.4, 0.5) is 5.69 Å². The largest absolute Gasteiger partial charge is 0.492 e. The lowest BCUT2D eigenvalue weighted by molar-refractivity contribution is -0.119. The van der Waals surface area contributed by atoms with Crippen molar-refractivity contribution in [3.05, 3.63) is 53.6 Å². The molecule has 6 heteroatoms. The van der Waals surface area contributed by atoms with E-state index in [0.717, 1.165) is 5.56 Å². The fraction of sp³-hybridized carbons (Fsp3) is 0.222. The molecule has 0 aliphatic rings. The Morgan fingerprint density at radius 2 is 1.92 bits per heavy atom. The summed E-state index contributed by atoms with van der Waals surface area (Å²) in [6, 6.07) is 12.1. The van der Waals surface area contributed by atoms with Gasteiger partial charge in [0.1, 0.15) is 11.5 Å². The lowest BCUT2D eigenvalue weighted by atomic mass is 10.1. The summed E-state index contributed by atoms with van der Waals surface area (Å²) in [5, 5.41) is 2.82. The molecule has 0 atom stereocenters. The standard InChI is InChI=1S/C18H20N2O4/c1-3-23-16-9-12(2)7-8-15(16)20-18(22)13-5-4-6-14(10-13)24-11-17(19)21/h4-10H,3,11H2,1-2H3,(H2,19,21)(H,20,22). The number of nitrogens with one attached hydrogen (secondary N) is 1. The lowest BCUT2D eigenvalue weighted by Gasteiger charge is -2.13. The molecule has 0 aliphatic carbocycles. The van der Waals surface area contributed by atoms with Crippen molar-refractivity contribution in [3.63, 3.8) is 0 Å². The number of hydrogen-bond acceptors (Lipinski definition) is 4. The van der Waals surface area contributed by atoms with E-state index in [4.69, 9.17) is 15.2 Å². The minimum atomic E-state index is -0.578. The molecule has 0 spiro atoms. The van der Waals surface area contributed by atoms with Gasteiger partial charge in [-0.2, -0.15) is 0 Å². The van der Waals surface area contributed by atoms with Gasteiger partial charge in [-0.15, -0.1) is 0 Å². The normalized spacial score (nSPS) is 10.1. The summed E-state index contributed by atoms with van der Waals surface area (Å²) in [6.45, 7) is 4.10. The Labute approximate surface area is 140 Å². The van der Waals surface area contributed by atoms with Crippen molar-refractivity contribution in [1.29, 1.82) is 0 Å². The molecule has 6 nitrogen and oxygen atoms in total. The molecule has 0 fully saturated rings. The molecule has 0 bridgehead atoms. The van der Waals surface area contributed by atoms with Crippen molar-refractivity contribution in [2.45, 2.75) is 13.8 Å². The van der Waals surface area contributed by atoms with Crippen molar-refractivity contribution in [2.75, 3.05) is 18.5 Å². The first-order valence-corrected chi connectivity index (χ1v) is 7.55. The zero-order valence-electron chi connectivity index (χ0n) is 13.7. The summed E-state index contributed by atoms with van der Waals surface area (Å²) >= 11 is 0. The van der Waals surface area contributed by atoms with Crippen LogP contribution in [0.1, 0.15) is 22.8 Å². The number of nitrogens with two attached hydrogens (primary N) is 1. The van der Waals surface area contributed by atoms with Crippen LogP contribution in [0.25, 0.3) is 0 Å². The summed E-state index contributed by atoms with van der Waals surface area (Å²) in [5.41, 5.74) is 7.08. The van der Waals surface area contributed by atoms with Crippen LogP contribution >= 0.6 is 0 Å². The highest BCUT2D eigenvalue weighted by molar-refractivity contribution is 6.05. The van der Waals surface area contributed by atoms with Crippen LogP contribution in [-0.4, -0.2) is 25.0 Å². The average Bonchev–Trinajstić information content (AvgIpc) is 2.56. The van der Waals surface area contributed by atoms with Gasteiger partial charge in [0.25, 0.3) is 11.8 Å². The molecule has 2 rings (SSSR count). The van der Waals surface area contributed by atoms with E-state index in [-0.39, 0.29) is 12.5 Å². The van der Waals surface area contributed by atoms with Gasteiger partial charge in [0.2, 0.25) is 0 Å². The minimum absolute atomic E-state index is 0.239. The zero-order chi connectivity index (χ0) is 17.5. The maximum atomic E-state index is 12.4. The van der Waals surface area contributed by atoms with Crippen molar-refractivity contribution in [3.8, 4) is 11.5 Å². The molecular formula is C18H20N2O4. The molecule has 0 aromatic heterocycles. The lowest BCUT2D eigenvalue weighted by Crippen LogP contribution is -2.20. The van der Waals surface area contributed by atoms with Crippen LogP contribution in [-0.2, 0) is 4.79 Å². The molecule has 2 amide bonds. The summed E-state index contributed by atoms with van der Waals surface area (Å²) in [7, 11) is 0. The number of aryl methyl sites for hydroxylation is 1. The molecule has 0 saturated carbocycles. The van der Waals surface area contributed by atoms with Gasteiger partial charge in [0.05, 0.1) is 12.3 Å². The Kier molecular flexibility index (Phi) is 5.78. The highest BCUT2D eigenvalue weighted by Crippen LogP contribution is 2.26. The third-order valence-corrected chi connectivity index (χ3v) is 3.16. The SMILES string of the molecule is CCOc1cc(C)ccc1NC(=O)c1cccc(OCC(N)=O)c1. The molecule has 24 heavy (non-hydrogen) atoms. The van der Waals surface area contributed by atoms with Crippen LogP contribution in [0.5, 0.6) is 11.5 Å². The third-order valence-electron chi connectivity index (χ3n) is 3.16. The van der Waals surface area contributed by atoms with Gasteiger partial charge in [-0.1, -0.05) is 12.1 Å². The molecule has 0 aliphatic heterocycles. The monoisotopic (exact) mass is 328 g/mol. The molecule has 0 heterocycles. The predicted octanol–water partition coefficient (Wildman–Crippen LogP) is 2.51. The molecule has 3 N–H and O–H groups in total. The number of ether oxygens (including phenoxy) is 2. The Balaban J connectivity index is 2.15. The highest BCUT2D eigenvalue weighted by Gasteiger charge is 2.11. The van der Waals surface area contributed by atoms with E-state index >= 15 is 0 Å². The Hall–Kier alpha value is -3.02. The van der Waals surface area contributed by atoms with Crippen molar-refractivity contribution >= 4 is 17.5 Å². The Morgan fingerprint density at radius 1 is 1.12 bits per heavy atom. The number of benzene rings is 2. The van der Waals surface area contributed by atoms with Crippen LogP contribution < -0.4 is 20.5 Å². The number of primary amides is 1. The maximum absolute atomic E-state index is 12.4. The molecule has 0 saturated heterocycles. The summed E-state index contributed by atoms with van der Waals surface area (Å²) < 4.78 is 10.8. The number of hydrogen-bond donors (Lipinski definition) is 2. The number of amides is 2. The van der Waals surface area contributed by atoms with E-state index in [1.54, 1.807) is 30.3 Å². The van der Waals surface area contributed by atoms with Gasteiger partial charge in [-0.05, 0) is 49.7 Å². The van der Waals surface area contributed by atoms with E-state index in [1.807, 2.05) is 26.0 Å². The molecule has 0 radical (unpaired) electrons. The second kappa shape index (κ2) is 8.01. The maximum Gasteiger partial charge on any atom is 0.255 e. The Morgan fingerprint density at radius 3 is 2.62 bits per heavy atom. The van der Waals surface area contributed by atoms with Gasteiger partial charge in [0.15, 0.2) is 6.61 Å². The van der Waals surface area contributed by atoms with E-state index in [0.29, 0.717) is 29.4 Å². The summed E-state index contributed by atoms with van der Waals surface area (Å²) in [6.07, 6.45) is 0. The minimum Gasteiger partial charge on any atom is -0.492 e. The number of rotatable bonds is 7. The average molecular weight is 328 g/mol. The van der Waals surface area contributed by atoms with E-state index in [9.17, 15) is 9.59 Å².